The number of aliphatic hydroxyl groups excluding tert-OH is 1. The van der Waals surface area contributed by atoms with Gasteiger partial charge in [0.2, 0.25) is 0 Å². The number of thiophene rings is 1. The van der Waals surface area contributed by atoms with E-state index in [0.717, 1.165) is 41.9 Å². The van der Waals surface area contributed by atoms with E-state index in [-0.39, 0.29) is 18.0 Å². The van der Waals surface area contributed by atoms with E-state index >= 15 is 0 Å². The van der Waals surface area contributed by atoms with Gasteiger partial charge in [0.15, 0.2) is 0 Å². The van der Waals surface area contributed by atoms with Crippen molar-refractivity contribution >= 4 is 39.0 Å². The molecule has 0 aromatic carbocycles. The van der Waals surface area contributed by atoms with Gasteiger partial charge < -0.3 is 20.6 Å². The number of hydrogen-bond acceptors (Lipinski definition) is 8. The smallest absolute Gasteiger partial charge is 0.149 e. The molecule has 0 aliphatic carbocycles. The lowest BCUT2D eigenvalue weighted by Gasteiger charge is -2.44. The van der Waals surface area contributed by atoms with E-state index in [9.17, 15) is 13.5 Å². The van der Waals surface area contributed by atoms with E-state index in [1.807, 2.05) is 6.07 Å². The van der Waals surface area contributed by atoms with E-state index in [1.54, 1.807) is 6.20 Å². The third kappa shape index (κ3) is 5.14. The highest BCUT2D eigenvalue weighted by Crippen LogP contribution is 2.48. The monoisotopic (exact) mass is 447 g/mol. The van der Waals surface area contributed by atoms with Gasteiger partial charge in [0.1, 0.15) is 21.5 Å². The fraction of sp³-hybridized carbons (Fsp3) is 0.611. The van der Waals surface area contributed by atoms with Crippen molar-refractivity contribution in [1.82, 2.24) is 10.2 Å². The molecule has 1 fully saturated rings. The maximum absolute atomic E-state index is 11.2. The molecule has 0 bridgehead atoms. The van der Waals surface area contributed by atoms with Gasteiger partial charge >= 0.3 is 0 Å². The second-order valence-electron chi connectivity index (χ2n) is 7.38. The van der Waals surface area contributed by atoms with Crippen molar-refractivity contribution < 1.29 is 18.3 Å². The number of likely N-dealkylation sites (tertiary alicyclic amines) is 1. The second-order valence-corrected chi connectivity index (χ2v) is 11.3. The van der Waals surface area contributed by atoms with Crippen molar-refractivity contribution in [3.63, 3.8) is 0 Å². The molecule has 1 aromatic rings. The van der Waals surface area contributed by atoms with Gasteiger partial charge in [0.25, 0.3) is 0 Å². The normalized spacial score (nSPS) is 22.8. The summed E-state index contributed by atoms with van der Waals surface area (Å²) in [6.45, 7) is 2.85. The van der Waals surface area contributed by atoms with E-state index in [4.69, 9.17) is 21.7 Å². The van der Waals surface area contributed by atoms with Gasteiger partial charge in [0, 0.05) is 55.3 Å². The minimum atomic E-state index is -3.00. The van der Waals surface area contributed by atoms with Crippen LogP contribution in [0.15, 0.2) is 17.8 Å². The second kappa shape index (κ2) is 8.81. The van der Waals surface area contributed by atoms with Gasteiger partial charge in [-0.05, 0) is 24.5 Å². The van der Waals surface area contributed by atoms with Crippen molar-refractivity contribution in [3.05, 3.63) is 32.6 Å². The third-order valence-electron chi connectivity index (χ3n) is 5.18. The summed E-state index contributed by atoms with van der Waals surface area (Å²) in [5.41, 5.74) is 1.31. The summed E-state index contributed by atoms with van der Waals surface area (Å²) in [7, 11) is -3.00. The van der Waals surface area contributed by atoms with Crippen LogP contribution in [0.5, 0.6) is 0 Å². The maximum Gasteiger partial charge on any atom is 0.149 e. The van der Waals surface area contributed by atoms with Gasteiger partial charge in [0.05, 0.1) is 16.7 Å². The van der Waals surface area contributed by atoms with E-state index in [1.165, 1.54) is 23.8 Å². The summed E-state index contributed by atoms with van der Waals surface area (Å²) in [6.07, 6.45) is 5.20. The molecule has 156 valence electrons. The third-order valence-corrected chi connectivity index (χ3v) is 7.59. The number of nitrogens with one attached hydrogen (secondary N) is 2. The number of sulfone groups is 1. The first-order valence-corrected chi connectivity index (χ1v) is 12.4. The number of rotatable bonds is 7. The quantitative estimate of drug-likeness (QED) is 0.436. The van der Waals surface area contributed by atoms with Crippen LogP contribution in [0.3, 0.4) is 0 Å². The molecule has 0 radical (unpaired) electrons. The Kier molecular flexibility index (Phi) is 6.84. The topological polar surface area (TPSA) is 103 Å². The summed E-state index contributed by atoms with van der Waals surface area (Å²) in [5.74, 6) is 0.0654. The van der Waals surface area contributed by atoms with Crippen LogP contribution >= 0.6 is 22.9 Å². The van der Waals surface area contributed by atoms with Gasteiger partial charge in [-0.3, -0.25) is 4.90 Å². The van der Waals surface area contributed by atoms with Crippen molar-refractivity contribution in [3.8, 4) is 0 Å². The predicted octanol–water partition coefficient (Wildman–Crippen LogP) is 1.92. The fourth-order valence-corrected chi connectivity index (χ4v) is 5.63. The minimum Gasteiger partial charge on any atom is -0.390 e. The molecule has 7 nitrogen and oxygen atoms in total. The molecule has 1 atom stereocenters. The van der Waals surface area contributed by atoms with E-state index < -0.39 is 15.9 Å². The predicted molar refractivity (Wildman–Crippen MR) is 112 cm³/mol. The number of hydrogen-bond donors (Lipinski definition) is 3. The zero-order chi connectivity index (χ0) is 20.4. The number of aliphatic hydroxyl groups is 1. The van der Waals surface area contributed by atoms with Crippen molar-refractivity contribution in [2.75, 3.05) is 44.8 Å². The highest BCUT2D eigenvalue weighted by molar-refractivity contribution is 7.90. The molecular formula is C18H26ClN3O4S2. The van der Waals surface area contributed by atoms with Gasteiger partial charge in [-0.1, -0.05) is 11.6 Å². The number of halogens is 1. The highest BCUT2D eigenvalue weighted by Gasteiger charge is 2.44. The summed E-state index contributed by atoms with van der Waals surface area (Å²) >= 11 is 7.68. The summed E-state index contributed by atoms with van der Waals surface area (Å²) in [5, 5.41) is 20.8. The van der Waals surface area contributed by atoms with E-state index in [2.05, 4.69) is 10.2 Å². The van der Waals surface area contributed by atoms with Crippen molar-refractivity contribution in [1.29, 1.82) is 5.41 Å². The Balaban J connectivity index is 1.58. The van der Waals surface area contributed by atoms with Crippen LogP contribution in [-0.4, -0.2) is 69.4 Å². The molecule has 28 heavy (non-hydrogen) atoms. The first kappa shape index (κ1) is 21.7. The molecule has 3 rings (SSSR count). The van der Waals surface area contributed by atoms with Gasteiger partial charge in [-0.25, -0.2) is 8.42 Å². The van der Waals surface area contributed by atoms with Crippen LogP contribution in [0, 0.1) is 5.41 Å². The Labute approximate surface area is 174 Å². The Morgan fingerprint density at radius 3 is 2.89 bits per heavy atom. The van der Waals surface area contributed by atoms with Crippen molar-refractivity contribution in [2.45, 2.75) is 24.5 Å². The fourth-order valence-electron chi connectivity index (χ4n) is 3.65. The molecule has 3 N–H and O–H groups in total. The summed E-state index contributed by atoms with van der Waals surface area (Å²) in [4.78, 5) is 3.30. The highest BCUT2D eigenvalue weighted by atomic mass is 35.5. The molecule has 0 saturated carbocycles. The van der Waals surface area contributed by atoms with Crippen LogP contribution in [0.1, 0.15) is 29.4 Å². The minimum absolute atomic E-state index is 0.0654. The number of nitrogens with zero attached hydrogens (tertiary/aromatic N) is 1. The molecule has 10 heteroatoms. The maximum atomic E-state index is 11.2. The lowest BCUT2D eigenvalue weighted by molar-refractivity contribution is -0.127. The first-order valence-electron chi connectivity index (χ1n) is 9.17. The number of fused-ring (bicyclic) bond motifs is 2. The molecule has 1 unspecified atom stereocenters. The van der Waals surface area contributed by atoms with Gasteiger partial charge in [-0.2, -0.15) is 0 Å². The molecule has 1 saturated heterocycles. The van der Waals surface area contributed by atoms with Crippen LogP contribution in [-0.2, 0) is 20.2 Å². The zero-order valence-electron chi connectivity index (χ0n) is 15.8. The molecule has 1 aromatic heterocycles. The molecule has 1 spiro atoms. The molecule has 0 amide bonds. The van der Waals surface area contributed by atoms with E-state index in [0.29, 0.717) is 17.4 Å². The average molecular weight is 448 g/mol. The Morgan fingerprint density at radius 1 is 1.54 bits per heavy atom. The van der Waals surface area contributed by atoms with Crippen LogP contribution in [0.2, 0.25) is 4.34 Å². The van der Waals surface area contributed by atoms with Crippen LogP contribution in [0.4, 0.5) is 0 Å². The zero-order valence-corrected chi connectivity index (χ0v) is 18.2. The Bertz CT molecular complexity index is 845. The molecular weight excluding hydrogens is 422 g/mol. The standard InChI is InChI=1S/C18H26ClN3O4S2/c1-28(24,25)7-4-21-10-13(9-20)11-22-5-2-18(3-6-22)17-14(8-16(19)27-17)15(23)12-26-18/h8-10,15,20-21,23H,2-7,11-12H2,1H3/b13-10+,20-9?. The average Bonchev–Trinajstić information content (AvgIpc) is 3.05. The number of ether oxygens (including phenoxy) is 1. The number of piperidine rings is 1. The molecule has 2 aliphatic heterocycles. The lowest BCUT2D eigenvalue weighted by atomic mass is 9.84. The lowest BCUT2D eigenvalue weighted by Crippen LogP contribution is -2.47. The molecule has 2 aliphatic rings. The van der Waals surface area contributed by atoms with Gasteiger partial charge in [-0.15, -0.1) is 11.3 Å². The van der Waals surface area contributed by atoms with Crippen LogP contribution < -0.4 is 5.32 Å². The summed E-state index contributed by atoms with van der Waals surface area (Å²) < 4.78 is 29.1. The van der Waals surface area contributed by atoms with Crippen LogP contribution in [0.25, 0.3) is 0 Å². The first-order chi connectivity index (χ1) is 13.2. The largest absolute Gasteiger partial charge is 0.390 e. The Hall–Kier alpha value is -0.970. The SMILES string of the molecule is CS(=O)(=O)CCN/C=C(\C=N)CN1CCC2(CC1)OCC(O)c1cc(Cl)sc12. The summed E-state index contributed by atoms with van der Waals surface area (Å²) in [6, 6.07) is 1.85. The Morgan fingerprint density at radius 2 is 2.25 bits per heavy atom. The van der Waals surface area contributed by atoms with Crippen molar-refractivity contribution in [2.24, 2.45) is 0 Å². The molecule has 3 heterocycles.